The molecular formula is C13H24N4O. The molecule has 2 N–H and O–H groups in total. The minimum absolute atomic E-state index is 0.101. The van der Waals surface area contributed by atoms with E-state index in [9.17, 15) is 4.79 Å². The molecule has 0 spiro atoms. The van der Waals surface area contributed by atoms with E-state index in [0.717, 1.165) is 12.0 Å². The lowest BCUT2D eigenvalue weighted by atomic mass is 10.0. The SMILES string of the molecule is CC(C)[C@H](CNC(=O)CCc1cn[nH]c1)N(C)C. The lowest BCUT2D eigenvalue weighted by molar-refractivity contribution is -0.121. The Hall–Kier alpha value is -1.36. The minimum Gasteiger partial charge on any atom is -0.355 e. The molecule has 0 bridgehead atoms. The largest absolute Gasteiger partial charge is 0.355 e. The topological polar surface area (TPSA) is 61.0 Å². The summed E-state index contributed by atoms with van der Waals surface area (Å²) in [7, 11) is 4.09. The van der Waals surface area contributed by atoms with Gasteiger partial charge in [-0.05, 0) is 32.0 Å². The van der Waals surface area contributed by atoms with Gasteiger partial charge in [0.2, 0.25) is 5.91 Å². The van der Waals surface area contributed by atoms with Crippen molar-refractivity contribution >= 4 is 5.91 Å². The molecule has 0 saturated carbocycles. The summed E-state index contributed by atoms with van der Waals surface area (Å²) < 4.78 is 0. The van der Waals surface area contributed by atoms with Crippen LogP contribution in [0.5, 0.6) is 0 Å². The van der Waals surface area contributed by atoms with E-state index in [1.54, 1.807) is 6.20 Å². The zero-order valence-corrected chi connectivity index (χ0v) is 11.7. The molecule has 0 aliphatic carbocycles. The number of aromatic amines is 1. The fourth-order valence-electron chi connectivity index (χ4n) is 1.99. The Bertz CT molecular complexity index is 338. The highest BCUT2D eigenvalue weighted by molar-refractivity contribution is 5.76. The highest BCUT2D eigenvalue weighted by Gasteiger charge is 2.16. The first-order valence-electron chi connectivity index (χ1n) is 6.41. The van der Waals surface area contributed by atoms with E-state index in [0.29, 0.717) is 24.9 Å². The van der Waals surface area contributed by atoms with E-state index in [2.05, 4.69) is 34.3 Å². The lowest BCUT2D eigenvalue weighted by Crippen LogP contribution is -2.43. The number of likely N-dealkylation sites (N-methyl/N-ethyl adjacent to an activating group) is 1. The van der Waals surface area contributed by atoms with Gasteiger partial charge < -0.3 is 10.2 Å². The second-order valence-electron chi connectivity index (χ2n) is 5.19. The van der Waals surface area contributed by atoms with E-state index in [1.165, 1.54) is 0 Å². The third kappa shape index (κ3) is 4.87. The van der Waals surface area contributed by atoms with Crippen LogP contribution < -0.4 is 5.32 Å². The van der Waals surface area contributed by atoms with Crippen molar-refractivity contribution in [2.24, 2.45) is 5.92 Å². The van der Waals surface area contributed by atoms with Crippen molar-refractivity contribution in [3.8, 4) is 0 Å². The Morgan fingerprint density at radius 2 is 2.22 bits per heavy atom. The Morgan fingerprint density at radius 3 is 2.72 bits per heavy atom. The molecular weight excluding hydrogens is 228 g/mol. The normalized spacial score (nSPS) is 13.0. The average Bonchev–Trinajstić information content (AvgIpc) is 2.78. The summed E-state index contributed by atoms with van der Waals surface area (Å²) in [5.74, 6) is 0.623. The van der Waals surface area contributed by atoms with Crippen LogP contribution in [0.4, 0.5) is 0 Å². The molecule has 0 aliphatic rings. The number of carbonyl (C=O) groups is 1. The molecule has 1 rings (SSSR count). The lowest BCUT2D eigenvalue weighted by Gasteiger charge is -2.28. The summed E-state index contributed by atoms with van der Waals surface area (Å²) in [4.78, 5) is 13.9. The first-order chi connectivity index (χ1) is 8.50. The van der Waals surface area contributed by atoms with Crippen LogP contribution in [0.2, 0.25) is 0 Å². The Kier molecular flexibility index (Phi) is 5.85. The summed E-state index contributed by atoms with van der Waals surface area (Å²) in [6, 6.07) is 0.378. The van der Waals surface area contributed by atoms with Crippen LogP contribution >= 0.6 is 0 Å². The number of H-pyrrole nitrogens is 1. The van der Waals surface area contributed by atoms with Gasteiger partial charge >= 0.3 is 0 Å². The number of nitrogens with zero attached hydrogens (tertiary/aromatic N) is 2. The second kappa shape index (κ2) is 7.16. The first-order valence-corrected chi connectivity index (χ1v) is 6.41. The zero-order chi connectivity index (χ0) is 13.5. The smallest absolute Gasteiger partial charge is 0.220 e. The Balaban J connectivity index is 2.27. The fourth-order valence-corrected chi connectivity index (χ4v) is 1.99. The van der Waals surface area contributed by atoms with Gasteiger partial charge in [-0.2, -0.15) is 5.10 Å². The number of amides is 1. The van der Waals surface area contributed by atoms with Crippen molar-refractivity contribution < 1.29 is 4.79 Å². The van der Waals surface area contributed by atoms with Crippen molar-refractivity contribution in [1.82, 2.24) is 20.4 Å². The molecule has 5 nitrogen and oxygen atoms in total. The molecule has 0 aliphatic heterocycles. The van der Waals surface area contributed by atoms with Crippen molar-refractivity contribution in [3.63, 3.8) is 0 Å². The summed E-state index contributed by atoms with van der Waals surface area (Å²) in [6.45, 7) is 5.04. The number of hydrogen-bond donors (Lipinski definition) is 2. The van der Waals surface area contributed by atoms with Crippen LogP contribution in [0.15, 0.2) is 12.4 Å². The van der Waals surface area contributed by atoms with E-state index in [-0.39, 0.29) is 5.91 Å². The quantitative estimate of drug-likeness (QED) is 0.762. The van der Waals surface area contributed by atoms with Crippen LogP contribution in [0.1, 0.15) is 25.8 Å². The Morgan fingerprint density at radius 1 is 1.50 bits per heavy atom. The van der Waals surface area contributed by atoms with E-state index < -0.39 is 0 Å². The molecule has 1 heterocycles. The van der Waals surface area contributed by atoms with Gasteiger partial charge in [-0.3, -0.25) is 9.89 Å². The molecule has 0 unspecified atom stereocenters. The molecule has 0 aromatic carbocycles. The molecule has 1 aromatic rings. The van der Waals surface area contributed by atoms with Crippen molar-refractivity contribution in [3.05, 3.63) is 18.0 Å². The summed E-state index contributed by atoms with van der Waals surface area (Å²) >= 11 is 0. The highest BCUT2D eigenvalue weighted by atomic mass is 16.1. The van der Waals surface area contributed by atoms with Crippen LogP contribution in [0.3, 0.4) is 0 Å². The fraction of sp³-hybridized carbons (Fsp3) is 0.692. The number of aryl methyl sites for hydroxylation is 1. The molecule has 1 amide bonds. The predicted octanol–water partition coefficient (Wildman–Crippen LogP) is 1.04. The maximum absolute atomic E-state index is 11.7. The standard InChI is InChI=1S/C13H24N4O/c1-10(2)12(17(3)4)9-14-13(18)6-5-11-7-15-16-8-11/h7-8,10,12H,5-6,9H2,1-4H3,(H,14,18)(H,15,16)/t12-/m0/s1. The maximum atomic E-state index is 11.7. The maximum Gasteiger partial charge on any atom is 0.220 e. The number of nitrogens with one attached hydrogen (secondary N) is 2. The molecule has 0 radical (unpaired) electrons. The van der Waals surface area contributed by atoms with Gasteiger partial charge in [0.05, 0.1) is 6.20 Å². The number of rotatable bonds is 7. The molecule has 0 saturated heterocycles. The van der Waals surface area contributed by atoms with Crippen molar-refractivity contribution in [1.29, 1.82) is 0 Å². The number of aromatic nitrogens is 2. The van der Waals surface area contributed by atoms with Gasteiger partial charge in [-0.25, -0.2) is 0 Å². The van der Waals surface area contributed by atoms with Crippen LogP contribution in [-0.4, -0.2) is 47.7 Å². The highest BCUT2D eigenvalue weighted by Crippen LogP contribution is 2.06. The molecule has 1 aromatic heterocycles. The van der Waals surface area contributed by atoms with Crippen LogP contribution in [-0.2, 0) is 11.2 Å². The predicted molar refractivity (Wildman–Crippen MR) is 72.2 cm³/mol. The molecule has 102 valence electrons. The van der Waals surface area contributed by atoms with Gasteiger partial charge in [0.1, 0.15) is 0 Å². The molecule has 0 fully saturated rings. The summed E-state index contributed by atoms with van der Waals surface area (Å²) in [5.41, 5.74) is 1.07. The average molecular weight is 252 g/mol. The number of carbonyl (C=O) groups excluding carboxylic acids is 1. The second-order valence-corrected chi connectivity index (χ2v) is 5.19. The monoisotopic (exact) mass is 252 g/mol. The summed E-state index contributed by atoms with van der Waals surface area (Å²) in [6.07, 6.45) is 4.82. The third-order valence-corrected chi connectivity index (χ3v) is 3.14. The summed E-state index contributed by atoms with van der Waals surface area (Å²) in [5, 5.41) is 9.60. The Labute approximate surface area is 109 Å². The van der Waals surface area contributed by atoms with Crippen LogP contribution in [0.25, 0.3) is 0 Å². The van der Waals surface area contributed by atoms with Crippen molar-refractivity contribution in [2.75, 3.05) is 20.6 Å². The first kappa shape index (κ1) is 14.7. The van der Waals surface area contributed by atoms with E-state index >= 15 is 0 Å². The van der Waals surface area contributed by atoms with E-state index in [1.807, 2.05) is 20.3 Å². The van der Waals surface area contributed by atoms with Gasteiger partial charge in [0.25, 0.3) is 0 Å². The van der Waals surface area contributed by atoms with Gasteiger partial charge in [0.15, 0.2) is 0 Å². The van der Waals surface area contributed by atoms with Crippen LogP contribution in [0, 0.1) is 5.92 Å². The minimum atomic E-state index is 0.101. The third-order valence-electron chi connectivity index (χ3n) is 3.14. The van der Waals surface area contributed by atoms with Crippen molar-refractivity contribution in [2.45, 2.75) is 32.7 Å². The van der Waals surface area contributed by atoms with Gasteiger partial charge in [-0.1, -0.05) is 13.8 Å². The molecule has 5 heteroatoms. The number of hydrogen-bond acceptors (Lipinski definition) is 3. The van der Waals surface area contributed by atoms with Gasteiger partial charge in [0, 0.05) is 25.2 Å². The van der Waals surface area contributed by atoms with E-state index in [4.69, 9.17) is 0 Å². The molecule has 1 atom stereocenters. The molecule has 18 heavy (non-hydrogen) atoms. The van der Waals surface area contributed by atoms with Gasteiger partial charge in [-0.15, -0.1) is 0 Å². The zero-order valence-electron chi connectivity index (χ0n) is 11.7.